The predicted octanol–water partition coefficient (Wildman–Crippen LogP) is 1.36. The molecule has 29 heavy (non-hydrogen) atoms. The summed E-state index contributed by atoms with van der Waals surface area (Å²) in [5.74, 6) is -1.22. The van der Waals surface area contributed by atoms with E-state index in [0.717, 1.165) is 0 Å². The predicted molar refractivity (Wildman–Crippen MR) is 107 cm³/mol. The van der Waals surface area contributed by atoms with Gasteiger partial charge < -0.3 is 30.3 Å². The van der Waals surface area contributed by atoms with Crippen molar-refractivity contribution in [3.05, 3.63) is 28.8 Å². The van der Waals surface area contributed by atoms with Crippen LogP contribution in [0, 0.1) is 6.92 Å². The number of carbonyl (C=O) groups is 2. The fourth-order valence-electron chi connectivity index (χ4n) is 3.64. The van der Waals surface area contributed by atoms with E-state index in [1.807, 2.05) is 0 Å². The molecule has 1 heterocycles. The maximum atomic E-state index is 12.4. The van der Waals surface area contributed by atoms with Crippen molar-refractivity contribution in [3.63, 3.8) is 0 Å². The number of aromatic carboxylic acids is 1. The molecule has 2 amide bonds. The molecule has 1 aliphatic rings. The summed E-state index contributed by atoms with van der Waals surface area (Å²) in [6.07, 6.45) is -0.593. The Bertz CT molecular complexity index is 772. The maximum absolute atomic E-state index is 12.4. The van der Waals surface area contributed by atoms with E-state index in [0.29, 0.717) is 37.4 Å². The Kier molecular flexibility index (Phi) is 6.77. The van der Waals surface area contributed by atoms with Gasteiger partial charge in [0.1, 0.15) is 11.5 Å². The zero-order valence-corrected chi connectivity index (χ0v) is 17.6. The number of urea groups is 1. The number of carboxylic acids is 1. The minimum absolute atomic E-state index is 0.0512. The molecule has 2 rings (SSSR count). The van der Waals surface area contributed by atoms with Crippen LogP contribution in [-0.2, 0) is 10.2 Å². The number of phenols is 1. The van der Waals surface area contributed by atoms with Crippen LogP contribution in [0.3, 0.4) is 0 Å². The number of amides is 2. The Morgan fingerprint density at radius 1 is 1.21 bits per heavy atom. The first-order valence-electron chi connectivity index (χ1n) is 9.58. The number of phenolic OH excluding ortho intramolecular Hbond substituents is 1. The topological polar surface area (TPSA) is 131 Å². The van der Waals surface area contributed by atoms with Crippen molar-refractivity contribution < 1.29 is 29.6 Å². The Morgan fingerprint density at radius 2 is 1.79 bits per heavy atom. The molecule has 2 atom stereocenters. The van der Waals surface area contributed by atoms with Gasteiger partial charge in [0, 0.05) is 24.1 Å². The van der Waals surface area contributed by atoms with Gasteiger partial charge in [-0.2, -0.15) is 0 Å². The molecule has 0 aromatic heterocycles. The van der Waals surface area contributed by atoms with Gasteiger partial charge in [-0.25, -0.2) is 9.59 Å². The molecule has 1 saturated heterocycles. The second kappa shape index (κ2) is 8.56. The van der Waals surface area contributed by atoms with E-state index in [1.165, 1.54) is 19.1 Å². The Morgan fingerprint density at radius 3 is 2.34 bits per heavy atom. The minimum Gasteiger partial charge on any atom is -0.508 e. The Balaban J connectivity index is 2.21. The average molecular weight is 409 g/mol. The number of carbonyl (C=O) groups excluding carboxylic acids is 1. The monoisotopic (exact) mass is 409 g/mol. The van der Waals surface area contributed by atoms with Gasteiger partial charge in [-0.15, -0.1) is 0 Å². The summed E-state index contributed by atoms with van der Waals surface area (Å²) in [5, 5.41) is 36.8. The number of aromatic hydroxyl groups is 1. The van der Waals surface area contributed by atoms with E-state index >= 15 is 0 Å². The summed E-state index contributed by atoms with van der Waals surface area (Å²) in [4.78, 5) is 25.5. The molecular weight excluding hydrogens is 378 g/mol. The maximum Gasteiger partial charge on any atom is 0.335 e. The van der Waals surface area contributed by atoms with Crippen molar-refractivity contribution in [2.75, 3.05) is 26.3 Å². The molecule has 0 saturated carbocycles. The standard InChI is InChI=1S/C20H31N3O6/c1-12-14(17(25)26)6-7-15(24)16(12)19(3,4)20(5,28)22-13(2)21-18(27)23-8-10-29-11-9-23/h6-7,13,22,24,28H,8-11H2,1-5H3,(H,21,27)(H,25,26). The fourth-order valence-corrected chi connectivity index (χ4v) is 3.64. The van der Waals surface area contributed by atoms with E-state index in [1.54, 1.807) is 32.6 Å². The van der Waals surface area contributed by atoms with E-state index in [-0.39, 0.29) is 17.3 Å². The van der Waals surface area contributed by atoms with Crippen molar-refractivity contribution in [2.24, 2.45) is 0 Å². The lowest BCUT2D eigenvalue weighted by molar-refractivity contribution is -0.0512. The number of nitrogens with zero attached hydrogens (tertiary/aromatic N) is 1. The first-order valence-corrected chi connectivity index (χ1v) is 9.58. The molecule has 5 N–H and O–H groups in total. The van der Waals surface area contributed by atoms with Gasteiger partial charge in [-0.3, -0.25) is 5.32 Å². The summed E-state index contributed by atoms with van der Waals surface area (Å²) in [6, 6.07) is 2.38. The molecule has 0 aliphatic carbocycles. The van der Waals surface area contributed by atoms with Crippen LogP contribution in [0.1, 0.15) is 49.2 Å². The summed E-state index contributed by atoms with van der Waals surface area (Å²) >= 11 is 0. The molecule has 1 aromatic rings. The summed E-state index contributed by atoms with van der Waals surface area (Å²) in [5.41, 5.74) is -1.94. The third-order valence-electron chi connectivity index (χ3n) is 5.65. The second-order valence-corrected chi connectivity index (χ2v) is 8.05. The van der Waals surface area contributed by atoms with Crippen LogP contribution in [0.2, 0.25) is 0 Å². The normalized spacial score (nSPS) is 18.1. The Labute approximate surface area is 170 Å². The lowest BCUT2D eigenvalue weighted by Crippen LogP contribution is -2.63. The smallest absolute Gasteiger partial charge is 0.335 e. The second-order valence-electron chi connectivity index (χ2n) is 8.05. The number of hydrogen-bond acceptors (Lipinski definition) is 6. The molecule has 0 bridgehead atoms. The number of benzene rings is 1. The van der Waals surface area contributed by atoms with Crippen LogP contribution < -0.4 is 10.6 Å². The van der Waals surface area contributed by atoms with Crippen molar-refractivity contribution in [1.29, 1.82) is 0 Å². The molecule has 0 spiro atoms. The first kappa shape index (κ1) is 22.9. The Hall–Kier alpha value is -2.36. The summed E-state index contributed by atoms with van der Waals surface area (Å²) < 4.78 is 5.24. The van der Waals surface area contributed by atoms with Gasteiger partial charge in [0.05, 0.1) is 24.9 Å². The highest BCUT2D eigenvalue weighted by Crippen LogP contribution is 2.41. The zero-order valence-electron chi connectivity index (χ0n) is 17.6. The van der Waals surface area contributed by atoms with Crippen LogP contribution in [-0.4, -0.2) is 70.4 Å². The molecule has 0 radical (unpaired) electrons. The van der Waals surface area contributed by atoms with E-state index < -0.39 is 23.3 Å². The average Bonchev–Trinajstić information content (AvgIpc) is 2.61. The van der Waals surface area contributed by atoms with E-state index in [4.69, 9.17) is 4.74 Å². The van der Waals surface area contributed by atoms with Gasteiger partial charge in [-0.1, -0.05) is 13.8 Å². The number of hydrogen-bond donors (Lipinski definition) is 5. The molecular formula is C20H31N3O6. The highest BCUT2D eigenvalue weighted by atomic mass is 16.5. The van der Waals surface area contributed by atoms with E-state index in [9.17, 15) is 24.9 Å². The van der Waals surface area contributed by atoms with Crippen molar-refractivity contribution in [3.8, 4) is 5.75 Å². The lowest BCUT2D eigenvalue weighted by atomic mass is 9.72. The summed E-state index contributed by atoms with van der Waals surface area (Å²) in [6.45, 7) is 10.2. The van der Waals surface area contributed by atoms with E-state index in [2.05, 4.69) is 10.6 Å². The fraction of sp³-hybridized carbons (Fsp3) is 0.600. The number of nitrogens with one attached hydrogen (secondary N) is 2. The number of aliphatic hydroxyl groups is 1. The van der Waals surface area contributed by atoms with Gasteiger partial charge in [0.2, 0.25) is 0 Å². The zero-order chi connectivity index (χ0) is 22.0. The van der Waals surface area contributed by atoms with Gasteiger partial charge in [-0.05, 0) is 38.5 Å². The molecule has 1 fully saturated rings. The molecule has 9 heteroatoms. The van der Waals surface area contributed by atoms with Gasteiger partial charge >= 0.3 is 12.0 Å². The number of ether oxygens (including phenoxy) is 1. The van der Waals surface area contributed by atoms with Gasteiger partial charge in [0.25, 0.3) is 0 Å². The first-order chi connectivity index (χ1) is 13.4. The van der Waals surface area contributed by atoms with Crippen LogP contribution in [0.15, 0.2) is 12.1 Å². The van der Waals surface area contributed by atoms with Crippen LogP contribution in [0.4, 0.5) is 4.79 Å². The third-order valence-corrected chi connectivity index (χ3v) is 5.65. The molecule has 162 valence electrons. The molecule has 9 nitrogen and oxygen atoms in total. The SMILES string of the molecule is Cc1c(C(=O)O)ccc(O)c1C(C)(C)C(C)(O)NC(C)NC(=O)N1CCOCC1. The number of morpholine rings is 1. The molecule has 1 aliphatic heterocycles. The van der Waals surface area contributed by atoms with Crippen LogP contribution in [0.5, 0.6) is 5.75 Å². The van der Waals surface area contributed by atoms with Crippen molar-refractivity contribution >= 4 is 12.0 Å². The van der Waals surface area contributed by atoms with Crippen molar-refractivity contribution in [1.82, 2.24) is 15.5 Å². The van der Waals surface area contributed by atoms with Crippen LogP contribution >= 0.6 is 0 Å². The highest BCUT2D eigenvalue weighted by Gasteiger charge is 2.44. The highest BCUT2D eigenvalue weighted by molar-refractivity contribution is 5.90. The van der Waals surface area contributed by atoms with Gasteiger partial charge in [0.15, 0.2) is 0 Å². The molecule has 2 unspecified atom stereocenters. The molecule has 1 aromatic carbocycles. The number of carboxylic acid groups (broad SMARTS) is 1. The summed E-state index contributed by atoms with van der Waals surface area (Å²) in [7, 11) is 0. The third kappa shape index (κ3) is 4.80. The minimum atomic E-state index is -1.59. The largest absolute Gasteiger partial charge is 0.508 e. The number of rotatable bonds is 6. The van der Waals surface area contributed by atoms with Crippen LogP contribution in [0.25, 0.3) is 0 Å². The quantitative estimate of drug-likeness (QED) is 0.448. The lowest BCUT2D eigenvalue weighted by Gasteiger charge is -2.44. The van der Waals surface area contributed by atoms with Crippen molar-refractivity contribution in [2.45, 2.75) is 51.9 Å².